The first-order valence-electron chi connectivity index (χ1n) is 3.58. The lowest BCUT2D eigenvalue weighted by atomic mass is 10.1. The molecule has 0 aliphatic heterocycles. The van der Waals surface area contributed by atoms with E-state index in [0.29, 0.717) is 5.82 Å². The predicted octanol–water partition coefficient (Wildman–Crippen LogP) is 0.983. The Bertz CT molecular complexity index is 330. The van der Waals surface area contributed by atoms with Crippen LogP contribution >= 0.6 is 0 Å². The Kier molecular flexibility index (Phi) is 1.99. The molecule has 0 amide bonds. The molecule has 0 bridgehead atoms. The Hall–Kier alpha value is -1.58. The lowest BCUT2D eigenvalue weighted by molar-refractivity contribution is 1.13. The highest BCUT2D eigenvalue weighted by Gasteiger charge is 2.06. The van der Waals surface area contributed by atoms with Gasteiger partial charge in [0.15, 0.2) is 0 Å². The van der Waals surface area contributed by atoms with Crippen molar-refractivity contribution in [2.45, 2.75) is 13.8 Å². The van der Waals surface area contributed by atoms with Gasteiger partial charge >= 0.3 is 0 Å². The van der Waals surface area contributed by atoms with E-state index in [4.69, 9.17) is 11.5 Å². The molecule has 0 saturated heterocycles. The summed E-state index contributed by atoms with van der Waals surface area (Å²) in [5, 5.41) is 0. The van der Waals surface area contributed by atoms with Crippen LogP contribution in [0.4, 0.5) is 11.8 Å². The van der Waals surface area contributed by atoms with Crippen molar-refractivity contribution in [3.8, 4) is 0 Å². The third-order valence-electron chi connectivity index (χ3n) is 1.61. The number of allylic oxidation sites excluding steroid dienone is 1. The Morgan fingerprint density at radius 1 is 1.33 bits per heavy atom. The second-order valence-corrected chi connectivity index (χ2v) is 2.72. The molecule has 1 aromatic rings. The van der Waals surface area contributed by atoms with E-state index in [0.717, 1.165) is 16.8 Å². The first-order valence-corrected chi connectivity index (χ1v) is 3.58. The van der Waals surface area contributed by atoms with Crippen molar-refractivity contribution in [2.75, 3.05) is 11.5 Å². The highest BCUT2D eigenvalue weighted by molar-refractivity contribution is 5.65. The molecule has 0 fully saturated rings. The number of nitrogens with two attached hydrogens (primary N) is 2. The molecule has 1 rings (SSSR count). The molecular weight excluding hydrogens is 152 g/mol. The largest absolute Gasteiger partial charge is 0.383 e. The van der Waals surface area contributed by atoms with E-state index in [9.17, 15) is 0 Å². The van der Waals surface area contributed by atoms with Crippen molar-refractivity contribution in [1.82, 2.24) is 9.97 Å². The van der Waals surface area contributed by atoms with E-state index < -0.39 is 0 Å². The van der Waals surface area contributed by atoms with E-state index in [1.807, 2.05) is 13.8 Å². The van der Waals surface area contributed by atoms with Gasteiger partial charge in [-0.2, -0.15) is 4.98 Å². The van der Waals surface area contributed by atoms with Crippen LogP contribution in [0.3, 0.4) is 0 Å². The van der Waals surface area contributed by atoms with Crippen LogP contribution in [-0.4, -0.2) is 9.97 Å². The summed E-state index contributed by atoms with van der Waals surface area (Å²) >= 11 is 0. The molecule has 4 heteroatoms. The Labute approximate surface area is 71.3 Å². The molecule has 0 aromatic carbocycles. The van der Waals surface area contributed by atoms with Gasteiger partial charge in [-0.05, 0) is 19.4 Å². The van der Waals surface area contributed by atoms with Crippen molar-refractivity contribution >= 4 is 17.3 Å². The fourth-order valence-electron chi connectivity index (χ4n) is 0.967. The quantitative estimate of drug-likeness (QED) is 0.648. The van der Waals surface area contributed by atoms with E-state index in [1.54, 1.807) is 0 Å². The second-order valence-electron chi connectivity index (χ2n) is 2.72. The van der Waals surface area contributed by atoms with Crippen molar-refractivity contribution in [3.05, 3.63) is 17.8 Å². The summed E-state index contributed by atoms with van der Waals surface area (Å²) in [6.07, 6.45) is 0. The number of aromatic nitrogens is 2. The van der Waals surface area contributed by atoms with E-state index >= 15 is 0 Å². The molecule has 0 radical (unpaired) electrons. The van der Waals surface area contributed by atoms with Crippen molar-refractivity contribution in [1.29, 1.82) is 0 Å². The molecule has 4 N–H and O–H groups in total. The third-order valence-corrected chi connectivity index (χ3v) is 1.61. The van der Waals surface area contributed by atoms with Crippen LogP contribution in [0, 0.1) is 6.92 Å². The van der Waals surface area contributed by atoms with Crippen LogP contribution in [0.1, 0.15) is 18.2 Å². The summed E-state index contributed by atoms with van der Waals surface area (Å²) in [5.74, 6) is 0.608. The van der Waals surface area contributed by atoms with Gasteiger partial charge < -0.3 is 11.5 Å². The first-order chi connectivity index (χ1) is 5.52. The molecule has 4 nitrogen and oxygen atoms in total. The van der Waals surface area contributed by atoms with E-state index in [-0.39, 0.29) is 5.95 Å². The Balaban J connectivity index is 3.37. The molecule has 0 saturated carbocycles. The molecule has 12 heavy (non-hydrogen) atoms. The number of nitrogen functional groups attached to an aromatic ring is 2. The van der Waals surface area contributed by atoms with Crippen LogP contribution in [0.25, 0.3) is 5.57 Å². The zero-order chi connectivity index (χ0) is 9.30. The van der Waals surface area contributed by atoms with Gasteiger partial charge in [0.2, 0.25) is 5.95 Å². The molecule has 0 atom stereocenters. The molecule has 0 spiro atoms. The Morgan fingerprint density at radius 3 is 2.42 bits per heavy atom. The van der Waals surface area contributed by atoms with Gasteiger partial charge in [0.1, 0.15) is 5.82 Å². The minimum Gasteiger partial charge on any atom is -0.383 e. The fraction of sp³-hybridized carbons (Fsp3) is 0.250. The van der Waals surface area contributed by atoms with Gasteiger partial charge in [-0.3, -0.25) is 0 Å². The van der Waals surface area contributed by atoms with Gasteiger partial charge in [0.05, 0.1) is 5.69 Å². The lowest BCUT2D eigenvalue weighted by Crippen LogP contribution is -2.05. The molecule has 1 heterocycles. The van der Waals surface area contributed by atoms with Crippen LogP contribution < -0.4 is 11.5 Å². The SMILES string of the molecule is C=C(C)c1nc(N)nc(N)c1C. The maximum atomic E-state index is 5.59. The highest BCUT2D eigenvalue weighted by atomic mass is 15.0. The standard InChI is InChI=1S/C8H12N4/c1-4(2)6-5(3)7(9)12-8(10)11-6/h1H2,2-3H3,(H4,9,10,11,12). The Morgan fingerprint density at radius 2 is 1.92 bits per heavy atom. The lowest BCUT2D eigenvalue weighted by Gasteiger charge is -2.06. The average molecular weight is 164 g/mol. The van der Waals surface area contributed by atoms with Crippen LogP contribution in [0.5, 0.6) is 0 Å². The number of nitrogens with zero attached hydrogens (tertiary/aromatic N) is 2. The summed E-state index contributed by atoms with van der Waals surface area (Å²) in [4.78, 5) is 7.84. The number of anilines is 2. The maximum Gasteiger partial charge on any atom is 0.222 e. The van der Waals surface area contributed by atoms with Crippen LogP contribution in [0.15, 0.2) is 6.58 Å². The van der Waals surface area contributed by atoms with E-state index in [1.165, 1.54) is 0 Å². The van der Waals surface area contributed by atoms with Crippen molar-refractivity contribution in [3.63, 3.8) is 0 Å². The molecule has 0 aliphatic rings. The van der Waals surface area contributed by atoms with E-state index in [2.05, 4.69) is 16.5 Å². The van der Waals surface area contributed by atoms with Crippen molar-refractivity contribution in [2.24, 2.45) is 0 Å². The summed E-state index contributed by atoms with van der Waals surface area (Å²) in [5.41, 5.74) is 13.4. The minimum atomic E-state index is 0.191. The van der Waals surface area contributed by atoms with Crippen LogP contribution in [-0.2, 0) is 0 Å². The van der Waals surface area contributed by atoms with Gasteiger partial charge in [0.25, 0.3) is 0 Å². The monoisotopic (exact) mass is 164 g/mol. The molecule has 0 unspecified atom stereocenters. The topological polar surface area (TPSA) is 77.8 Å². The summed E-state index contributed by atoms with van der Waals surface area (Å²) in [6.45, 7) is 7.47. The molecular formula is C8H12N4. The van der Waals surface area contributed by atoms with Gasteiger partial charge in [0, 0.05) is 5.56 Å². The number of rotatable bonds is 1. The summed E-state index contributed by atoms with van der Waals surface area (Å²) in [7, 11) is 0. The third kappa shape index (κ3) is 1.37. The smallest absolute Gasteiger partial charge is 0.222 e. The molecule has 64 valence electrons. The average Bonchev–Trinajstić information content (AvgIpc) is 1.96. The molecule has 1 aromatic heterocycles. The normalized spacial score (nSPS) is 9.83. The maximum absolute atomic E-state index is 5.59. The van der Waals surface area contributed by atoms with Crippen molar-refractivity contribution < 1.29 is 0 Å². The minimum absolute atomic E-state index is 0.191. The predicted molar refractivity (Wildman–Crippen MR) is 50.3 cm³/mol. The molecule has 0 aliphatic carbocycles. The fourth-order valence-corrected chi connectivity index (χ4v) is 0.967. The summed E-state index contributed by atoms with van der Waals surface area (Å²) < 4.78 is 0. The summed E-state index contributed by atoms with van der Waals surface area (Å²) in [6, 6.07) is 0. The first kappa shape index (κ1) is 8.52. The second kappa shape index (κ2) is 2.81. The number of hydrogen-bond donors (Lipinski definition) is 2. The highest BCUT2D eigenvalue weighted by Crippen LogP contribution is 2.18. The zero-order valence-electron chi connectivity index (χ0n) is 7.26. The van der Waals surface area contributed by atoms with Gasteiger partial charge in [-0.1, -0.05) is 6.58 Å². The number of hydrogen-bond acceptors (Lipinski definition) is 4. The van der Waals surface area contributed by atoms with Gasteiger partial charge in [-0.25, -0.2) is 4.98 Å². The van der Waals surface area contributed by atoms with Crippen LogP contribution in [0.2, 0.25) is 0 Å². The van der Waals surface area contributed by atoms with Gasteiger partial charge in [-0.15, -0.1) is 0 Å². The zero-order valence-corrected chi connectivity index (χ0v) is 7.26.